The molecule has 0 amide bonds. The van der Waals surface area contributed by atoms with Gasteiger partial charge < -0.3 is 28.4 Å². The molecular formula is C31H32O6. The third-order valence-corrected chi connectivity index (χ3v) is 6.42. The molecule has 37 heavy (non-hydrogen) atoms. The van der Waals surface area contributed by atoms with Crippen LogP contribution in [0.2, 0.25) is 0 Å². The minimum atomic E-state index is -0.688. The van der Waals surface area contributed by atoms with Gasteiger partial charge in [0.25, 0.3) is 0 Å². The summed E-state index contributed by atoms with van der Waals surface area (Å²) in [5, 5.41) is 0. The van der Waals surface area contributed by atoms with Gasteiger partial charge in [0.15, 0.2) is 12.6 Å². The van der Waals surface area contributed by atoms with Crippen LogP contribution in [0.4, 0.5) is 0 Å². The number of ether oxygens (including phenoxy) is 6. The predicted octanol–water partition coefficient (Wildman–Crippen LogP) is 5.04. The SMILES string of the molecule is CC#CCO[C@H]1O[C@@H]2CO[C@@H](c3ccccc3)O[C@H]2[C@H](OCc2ccccc2)[C@H]1OCc1ccccc1. The van der Waals surface area contributed by atoms with Crippen molar-refractivity contribution in [3.63, 3.8) is 0 Å². The van der Waals surface area contributed by atoms with Gasteiger partial charge in [-0.05, 0) is 18.1 Å². The molecule has 192 valence electrons. The van der Waals surface area contributed by atoms with Crippen LogP contribution in [0.5, 0.6) is 0 Å². The van der Waals surface area contributed by atoms with Crippen LogP contribution in [0.15, 0.2) is 91.0 Å². The Balaban J connectivity index is 1.41. The molecule has 0 aromatic heterocycles. The summed E-state index contributed by atoms with van der Waals surface area (Å²) in [5.74, 6) is 5.82. The maximum absolute atomic E-state index is 6.56. The Kier molecular flexibility index (Phi) is 8.99. The van der Waals surface area contributed by atoms with Crippen molar-refractivity contribution in [2.75, 3.05) is 13.2 Å². The smallest absolute Gasteiger partial charge is 0.188 e. The molecule has 0 saturated carbocycles. The summed E-state index contributed by atoms with van der Waals surface area (Å²) in [6.45, 7) is 3.14. The first kappa shape index (κ1) is 25.6. The van der Waals surface area contributed by atoms with E-state index in [2.05, 4.69) is 11.8 Å². The van der Waals surface area contributed by atoms with Gasteiger partial charge in [0.1, 0.15) is 31.0 Å². The Hall–Kier alpha value is -3.02. The third-order valence-electron chi connectivity index (χ3n) is 6.42. The van der Waals surface area contributed by atoms with Crippen molar-refractivity contribution in [3.8, 4) is 11.8 Å². The normalized spacial score (nSPS) is 27.1. The molecule has 2 saturated heterocycles. The minimum Gasteiger partial charge on any atom is -0.368 e. The molecule has 0 spiro atoms. The van der Waals surface area contributed by atoms with Crippen molar-refractivity contribution in [1.29, 1.82) is 0 Å². The van der Waals surface area contributed by atoms with Crippen molar-refractivity contribution in [2.45, 2.75) is 57.1 Å². The topological polar surface area (TPSA) is 55.4 Å². The molecule has 5 rings (SSSR count). The van der Waals surface area contributed by atoms with Crippen molar-refractivity contribution >= 4 is 0 Å². The molecule has 3 aromatic rings. The Labute approximate surface area is 218 Å². The molecule has 6 atom stereocenters. The molecule has 0 radical (unpaired) electrons. The van der Waals surface area contributed by atoms with Crippen molar-refractivity contribution in [1.82, 2.24) is 0 Å². The van der Waals surface area contributed by atoms with Crippen molar-refractivity contribution in [3.05, 3.63) is 108 Å². The summed E-state index contributed by atoms with van der Waals surface area (Å²) in [7, 11) is 0. The van der Waals surface area contributed by atoms with Crippen LogP contribution < -0.4 is 0 Å². The summed E-state index contributed by atoms with van der Waals surface area (Å²) < 4.78 is 38.0. The van der Waals surface area contributed by atoms with Crippen LogP contribution in [0.3, 0.4) is 0 Å². The fourth-order valence-corrected chi connectivity index (χ4v) is 4.56. The predicted molar refractivity (Wildman–Crippen MR) is 138 cm³/mol. The minimum absolute atomic E-state index is 0.226. The summed E-state index contributed by atoms with van der Waals surface area (Å²) in [6, 6.07) is 30.0. The first-order valence-electron chi connectivity index (χ1n) is 12.6. The standard InChI is InChI=1S/C31H32O6/c1-2-3-19-32-31-29(34-21-24-15-9-5-10-16-24)28(33-20-23-13-7-4-8-14-23)27-26(36-31)22-35-30(37-27)25-17-11-6-12-18-25/h4-18,26-31H,19-22H2,1H3/t26-,27-,28+,29-,30-,31+/m1/s1. The lowest BCUT2D eigenvalue weighted by Crippen LogP contribution is -2.63. The maximum Gasteiger partial charge on any atom is 0.188 e. The van der Waals surface area contributed by atoms with Gasteiger partial charge in [-0.2, -0.15) is 0 Å². The zero-order valence-electron chi connectivity index (χ0n) is 20.9. The number of benzene rings is 3. The van der Waals surface area contributed by atoms with Gasteiger partial charge in [0.05, 0.1) is 19.8 Å². The fourth-order valence-electron chi connectivity index (χ4n) is 4.56. The van der Waals surface area contributed by atoms with E-state index in [0.717, 1.165) is 16.7 Å². The van der Waals surface area contributed by atoms with Gasteiger partial charge in [-0.25, -0.2) is 0 Å². The van der Waals surface area contributed by atoms with E-state index < -0.39 is 30.9 Å². The second-order valence-corrected chi connectivity index (χ2v) is 8.98. The number of hydrogen-bond acceptors (Lipinski definition) is 6. The largest absolute Gasteiger partial charge is 0.368 e. The molecule has 0 bridgehead atoms. The average molecular weight is 501 g/mol. The van der Waals surface area contributed by atoms with Crippen LogP contribution in [0.25, 0.3) is 0 Å². The van der Waals surface area contributed by atoms with E-state index in [9.17, 15) is 0 Å². The van der Waals surface area contributed by atoms with Gasteiger partial charge >= 0.3 is 0 Å². The lowest BCUT2D eigenvalue weighted by Gasteiger charge is -2.48. The first-order valence-corrected chi connectivity index (χ1v) is 12.6. The Morgan fingerprint density at radius 1 is 0.730 bits per heavy atom. The molecule has 6 nitrogen and oxygen atoms in total. The monoisotopic (exact) mass is 500 g/mol. The van der Waals surface area contributed by atoms with Gasteiger partial charge in [0, 0.05) is 5.56 Å². The van der Waals surface area contributed by atoms with Crippen LogP contribution in [0.1, 0.15) is 29.9 Å². The van der Waals surface area contributed by atoms with E-state index in [1.165, 1.54) is 0 Å². The number of rotatable bonds is 9. The summed E-state index contributed by atoms with van der Waals surface area (Å²) in [4.78, 5) is 0. The summed E-state index contributed by atoms with van der Waals surface area (Å²) in [5.41, 5.74) is 3.06. The highest BCUT2D eigenvalue weighted by Crippen LogP contribution is 2.37. The lowest BCUT2D eigenvalue weighted by atomic mass is 9.97. The summed E-state index contributed by atoms with van der Waals surface area (Å²) in [6.07, 6.45) is -3.01. The molecule has 2 fully saturated rings. The fraction of sp³-hybridized carbons (Fsp3) is 0.355. The molecule has 2 heterocycles. The first-order chi connectivity index (χ1) is 18.3. The second-order valence-electron chi connectivity index (χ2n) is 8.98. The Morgan fingerprint density at radius 2 is 1.32 bits per heavy atom. The molecule has 0 N–H and O–H groups in total. The molecule has 3 aromatic carbocycles. The average Bonchev–Trinajstić information content (AvgIpc) is 2.96. The molecular weight excluding hydrogens is 468 g/mol. The lowest BCUT2D eigenvalue weighted by molar-refractivity contribution is -0.371. The van der Waals surface area contributed by atoms with Crippen LogP contribution >= 0.6 is 0 Å². The van der Waals surface area contributed by atoms with E-state index >= 15 is 0 Å². The number of fused-ring (bicyclic) bond motifs is 1. The molecule has 2 aliphatic rings. The molecule has 2 aliphatic heterocycles. The van der Waals surface area contributed by atoms with E-state index in [-0.39, 0.29) is 12.7 Å². The Bertz CT molecular complexity index is 1140. The molecule has 0 aliphatic carbocycles. The molecule has 0 unspecified atom stereocenters. The van der Waals surface area contributed by atoms with Crippen LogP contribution in [0, 0.1) is 11.8 Å². The van der Waals surface area contributed by atoms with Crippen molar-refractivity contribution < 1.29 is 28.4 Å². The zero-order chi connectivity index (χ0) is 25.3. The van der Waals surface area contributed by atoms with E-state index in [4.69, 9.17) is 28.4 Å². The van der Waals surface area contributed by atoms with Gasteiger partial charge in [-0.3, -0.25) is 0 Å². The van der Waals surface area contributed by atoms with E-state index in [1.54, 1.807) is 6.92 Å². The van der Waals surface area contributed by atoms with Gasteiger partial charge in [0.2, 0.25) is 0 Å². The highest BCUT2D eigenvalue weighted by atomic mass is 16.8. The highest BCUT2D eigenvalue weighted by Gasteiger charge is 2.51. The quantitative estimate of drug-likeness (QED) is 0.384. The van der Waals surface area contributed by atoms with Crippen LogP contribution in [-0.4, -0.2) is 43.9 Å². The number of hydrogen-bond donors (Lipinski definition) is 0. The highest BCUT2D eigenvalue weighted by molar-refractivity contribution is 5.17. The third kappa shape index (κ3) is 6.65. The molecule has 6 heteroatoms. The van der Waals surface area contributed by atoms with Gasteiger partial charge in [-0.1, -0.05) is 96.9 Å². The zero-order valence-corrected chi connectivity index (χ0v) is 20.9. The van der Waals surface area contributed by atoms with Gasteiger partial charge in [-0.15, -0.1) is 5.92 Å². The van der Waals surface area contributed by atoms with E-state index in [1.807, 2.05) is 91.0 Å². The van der Waals surface area contributed by atoms with Crippen LogP contribution in [-0.2, 0) is 41.6 Å². The summed E-state index contributed by atoms with van der Waals surface area (Å²) >= 11 is 0. The Morgan fingerprint density at radius 3 is 1.95 bits per heavy atom. The van der Waals surface area contributed by atoms with E-state index in [0.29, 0.717) is 19.8 Å². The maximum atomic E-state index is 6.56. The van der Waals surface area contributed by atoms with Crippen molar-refractivity contribution in [2.24, 2.45) is 0 Å². The second kappa shape index (κ2) is 13.0.